The minimum Gasteiger partial charge on any atom is -0.497 e. The van der Waals surface area contributed by atoms with E-state index in [9.17, 15) is 9.90 Å². The van der Waals surface area contributed by atoms with Gasteiger partial charge in [-0.15, -0.1) is 0 Å². The summed E-state index contributed by atoms with van der Waals surface area (Å²) in [5, 5.41) is 12.4. The third-order valence-electron chi connectivity index (χ3n) is 3.44. The maximum Gasteiger partial charge on any atom is 0.320 e. The van der Waals surface area contributed by atoms with Crippen molar-refractivity contribution < 1.29 is 19.4 Å². The maximum absolute atomic E-state index is 11.4. The molecule has 5 nitrogen and oxygen atoms in total. The molecule has 5 heteroatoms. The molecule has 0 amide bonds. The van der Waals surface area contributed by atoms with E-state index in [4.69, 9.17) is 9.47 Å². The highest BCUT2D eigenvalue weighted by Gasteiger charge is 2.20. The lowest BCUT2D eigenvalue weighted by molar-refractivity contribution is -0.139. The van der Waals surface area contributed by atoms with E-state index in [-0.39, 0.29) is 5.41 Å². The Kier molecular flexibility index (Phi) is 6.68. The average Bonchev–Trinajstić information content (AvgIpc) is 2.45. The van der Waals surface area contributed by atoms with Crippen LogP contribution in [0.25, 0.3) is 0 Å². The molecule has 0 aliphatic rings. The number of methoxy groups -OCH3 is 2. The van der Waals surface area contributed by atoms with Gasteiger partial charge in [-0.05, 0) is 36.0 Å². The molecule has 0 heterocycles. The Hall–Kier alpha value is -1.75. The van der Waals surface area contributed by atoms with Gasteiger partial charge in [0.2, 0.25) is 0 Å². The van der Waals surface area contributed by atoms with E-state index in [0.717, 1.165) is 12.0 Å². The summed E-state index contributed by atoms with van der Waals surface area (Å²) in [7, 11) is 3.19. The minimum absolute atomic E-state index is 0.120. The Balaban J connectivity index is 2.70. The molecule has 0 saturated carbocycles. The Labute approximate surface area is 132 Å². The molecule has 0 fully saturated rings. The van der Waals surface area contributed by atoms with E-state index in [2.05, 4.69) is 26.1 Å². The van der Waals surface area contributed by atoms with Gasteiger partial charge in [-0.25, -0.2) is 0 Å². The van der Waals surface area contributed by atoms with Crippen molar-refractivity contribution in [2.75, 3.05) is 14.2 Å². The van der Waals surface area contributed by atoms with Crippen LogP contribution < -0.4 is 14.8 Å². The van der Waals surface area contributed by atoms with E-state index in [1.165, 1.54) is 0 Å². The van der Waals surface area contributed by atoms with Gasteiger partial charge in [0.05, 0.1) is 14.2 Å². The van der Waals surface area contributed by atoms with Crippen LogP contribution in [0, 0.1) is 5.41 Å². The molecule has 124 valence electrons. The Morgan fingerprint density at radius 2 is 1.73 bits per heavy atom. The van der Waals surface area contributed by atoms with Gasteiger partial charge in [0.15, 0.2) is 0 Å². The monoisotopic (exact) mass is 309 g/mol. The van der Waals surface area contributed by atoms with Crippen LogP contribution in [0.1, 0.15) is 39.2 Å². The van der Waals surface area contributed by atoms with Gasteiger partial charge >= 0.3 is 5.97 Å². The zero-order valence-corrected chi connectivity index (χ0v) is 14.1. The van der Waals surface area contributed by atoms with Crippen LogP contribution in [0.15, 0.2) is 18.2 Å². The predicted octanol–water partition coefficient (Wildman–Crippen LogP) is 3.07. The molecule has 0 saturated heterocycles. The number of nitrogens with one attached hydrogen (secondary N) is 1. The lowest BCUT2D eigenvalue weighted by Gasteiger charge is -2.21. The summed E-state index contributed by atoms with van der Waals surface area (Å²) >= 11 is 0. The van der Waals surface area contributed by atoms with Crippen molar-refractivity contribution in [3.8, 4) is 11.5 Å². The Morgan fingerprint density at radius 3 is 2.14 bits per heavy atom. The first-order valence-electron chi connectivity index (χ1n) is 7.43. The molecule has 1 aromatic carbocycles. The van der Waals surface area contributed by atoms with Crippen LogP contribution in [0.5, 0.6) is 11.5 Å². The van der Waals surface area contributed by atoms with Crippen molar-refractivity contribution in [1.82, 2.24) is 5.32 Å². The Bertz CT molecular complexity index is 472. The van der Waals surface area contributed by atoms with Gasteiger partial charge in [-0.2, -0.15) is 0 Å². The highest BCUT2D eigenvalue weighted by molar-refractivity contribution is 5.73. The third-order valence-corrected chi connectivity index (χ3v) is 3.44. The molecule has 0 aromatic heterocycles. The highest BCUT2D eigenvalue weighted by atomic mass is 16.5. The van der Waals surface area contributed by atoms with Crippen LogP contribution in [-0.2, 0) is 11.3 Å². The van der Waals surface area contributed by atoms with E-state index in [1.807, 2.05) is 12.1 Å². The number of ether oxygens (including phenoxy) is 2. The van der Waals surface area contributed by atoms with Gasteiger partial charge in [0, 0.05) is 12.6 Å². The summed E-state index contributed by atoms with van der Waals surface area (Å²) in [6.45, 7) is 6.78. The van der Waals surface area contributed by atoms with Crippen molar-refractivity contribution in [2.45, 2.75) is 46.2 Å². The number of carbonyl (C=O) groups is 1. The van der Waals surface area contributed by atoms with Gasteiger partial charge in [-0.3, -0.25) is 4.79 Å². The van der Waals surface area contributed by atoms with Crippen molar-refractivity contribution in [1.29, 1.82) is 0 Å². The van der Waals surface area contributed by atoms with Crippen LogP contribution in [0.4, 0.5) is 0 Å². The number of hydrogen-bond acceptors (Lipinski definition) is 4. The van der Waals surface area contributed by atoms with Gasteiger partial charge in [0.25, 0.3) is 0 Å². The predicted molar refractivity (Wildman–Crippen MR) is 86.5 cm³/mol. The summed E-state index contributed by atoms with van der Waals surface area (Å²) in [6.07, 6.45) is 1.44. The molecule has 0 aliphatic heterocycles. The number of benzene rings is 1. The van der Waals surface area contributed by atoms with Crippen LogP contribution >= 0.6 is 0 Å². The number of rotatable bonds is 8. The second-order valence-corrected chi connectivity index (χ2v) is 6.59. The zero-order valence-electron chi connectivity index (χ0n) is 14.1. The lowest BCUT2D eigenvalue weighted by atomic mass is 9.88. The third kappa shape index (κ3) is 6.35. The first kappa shape index (κ1) is 18.3. The van der Waals surface area contributed by atoms with Crippen LogP contribution in [-0.4, -0.2) is 31.3 Å². The molecule has 0 radical (unpaired) electrons. The average molecular weight is 309 g/mol. The molecule has 1 rings (SSSR count). The van der Waals surface area contributed by atoms with Gasteiger partial charge < -0.3 is 19.9 Å². The molecule has 2 N–H and O–H groups in total. The first-order chi connectivity index (χ1) is 10.2. The van der Waals surface area contributed by atoms with Gasteiger partial charge in [-0.1, -0.05) is 20.8 Å². The summed E-state index contributed by atoms with van der Waals surface area (Å²) in [4.78, 5) is 11.4. The van der Waals surface area contributed by atoms with Gasteiger partial charge in [0.1, 0.15) is 17.5 Å². The molecular weight excluding hydrogens is 282 g/mol. The smallest absolute Gasteiger partial charge is 0.320 e. The summed E-state index contributed by atoms with van der Waals surface area (Å²) in [5.41, 5.74) is 1.05. The maximum atomic E-state index is 11.4. The van der Waals surface area contributed by atoms with Crippen molar-refractivity contribution in [3.63, 3.8) is 0 Å². The normalized spacial score (nSPS) is 12.8. The fourth-order valence-corrected chi connectivity index (χ4v) is 2.10. The minimum atomic E-state index is -0.820. The van der Waals surface area contributed by atoms with Crippen molar-refractivity contribution >= 4 is 5.97 Å². The lowest BCUT2D eigenvalue weighted by Crippen LogP contribution is -2.37. The van der Waals surface area contributed by atoms with E-state index in [0.29, 0.717) is 24.5 Å². The molecule has 22 heavy (non-hydrogen) atoms. The fraction of sp³-hybridized carbons (Fsp3) is 0.588. The molecule has 0 spiro atoms. The summed E-state index contributed by atoms with van der Waals surface area (Å²) < 4.78 is 10.4. The topological polar surface area (TPSA) is 67.8 Å². The van der Waals surface area contributed by atoms with E-state index in [1.54, 1.807) is 20.3 Å². The largest absolute Gasteiger partial charge is 0.497 e. The second kappa shape index (κ2) is 8.03. The molecule has 1 aromatic rings. The second-order valence-electron chi connectivity index (χ2n) is 6.59. The molecule has 0 unspecified atom stereocenters. The molecule has 0 bridgehead atoms. The van der Waals surface area contributed by atoms with E-state index >= 15 is 0 Å². The first-order valence-corrected chi connectivity index (χ1v) is 7.43. The summed E-state index contributed by atoms with van der Waals surface area (Å²) in [6, 6.07) is 4.98. The highest BCUT2D eigenvalue weighted by Crippen LogP contribution is 2.24. The van der Waals surface area contributed by atoms with Crippen LogP contribution in [0.2, 0.25) is 0 Å². The fourth-order valence-electron chi connectivity index (χ4n) is 2.10. The Morgan fingerprint density at radius 1 is 1.18 bits per heavy atom. The van der Waals surface area contributed by atoms with Crippen LogP contribution in [0.3, 0.4) is 0 Å². The molecule has 0 aliphatic carbocycles. The number of carboxylic acid groups (broad SMARTS) is 1. The molecule has 1 atom stereocenters. The quantitative estimate of drug-likeness (QED) is 0.772. The van der Waals surface area contributed by atoms with E-state index < -0.39 is 12.0 Å². The van der Waals surface area contributed by atoms with Crippen molar-refractivity contribution in [3.05, 3.63) is 23.8 Å². The zero-order chi connectivity index (χ0) is 16.8. The number of carboxylic acids is 1. The molecular formula is C17H27NO4. The standard InChI is InChI=1S/C17H27NO4/c1-17(2,3)7-6-15(16(19)20)18-11-12-8-13(21-4)10-14(9-12)22-5/h8-10,15,18H,6-7,11H2,1-5H3,(H,19,20)/t15-/m0/s1. The number of aliphatic carboxylic acids is 1. The van der Waals surface area contributed by atoms with Crippen molar-refractivity contribution in [2.24, 2.45) is 5.41 Å². The number of hydrogen-bond donors (Lipinski definition) is 2. The summed E-state index contributed by atoms with van der Waals surface area (Å²) in [5.74, 6) is 0.564. The SMILES string of the molecule is COc1cc(CN[C@@H](CCC(C)(C)C)C(=O)O)cc(OC)c1.